The van der Waals surface area contributed by atoms with Crippen LogP contribution in [-0.4, -0.2) is 21.6 Å². The Labute approximate surface area is 71.4 Å². The first kappa shape index (κ1) is 8.91. The van der Waals surface area contributed by atoms with Gasteiger partial charge in [0.15, 0.2) is 0 Å². The summed E-state index contributed by atoms with van der Waals surface area (Å²) in [4.78, 5) is 10.8. The van der Waals surface area contributed by atoms with Crippen molar-refractivity contribution in [3.05, 3.63) is 0 Å². The number of aliphatic carboxylic acids is 1. The first-order valence-corrected chi connectivity index (χ1v) is 5.03. The van der Waals surface area contributed by atoms with Gasteiger partial charge in [-0.3, -0.25) is 4.79 Å². The minimum absolute atomic E-state index is 0.399. The summed E-state index contributed by atoms with van der Waals surface area (Å²) in [5, 5.41) is 8.92. The minimum atomic E-state index is -0.615. The number of carbonyl (C=O) groups is 1. The Kier molecular flexibility index (Phi) is 2.47. The van der Waals surface area contributed by atoms with Crippen LogP contribution in [0.25, 0.3) is 0 Å². The molecule has 3 heteroatoms. The molecule has 0 aromatic heterocycles. The maximum atomic E-state index is 10.8. The van der Waals surface area contributed by atoms with E-state index in [0.29, 0.717) is 5.92 Å². The summed E-state index contributed by atoms with van der Waals surface area (Å²) in [6.07, 6.45) is 1.87. The summed E-state index contributed by atoms with van der Waals surface area (Å²) in [5.74, 6) is 0.712. The molecule has 1 saturated carbocycles. The molecule has 1 aliphatic rings. The molecule has 0 aromatic rings. The Morgan fingerprint density at radius 2 is 2.36 bits per heavy atom. The van der Waals surface area contributed by atoms with Gasteiger partial charge in [-0.1, -0.05) is 20.3 Å². The molecular formula is C8H14O2S. The van der Waals surface area contributed by atoms with Crippen LogP contribution in [0.4, 0.5) is 0 Å². The van der Waals surface area contributed by atoms with E-state index in [1.807, 2.05) is 6.92 Å². The molecule has 0 radical (unpaired) electrons. The Morgan fingerprint density at radius 1 is 1.73 bits per heavy atom. The van der Waals surface area contributed by atoms with Crippen molar-refractivity contribution in [2.24, 2.45) is 5.92 Å². The van der Waals surface area contributed by atoms with Gasteiger partial charge in [-0.05, 0) is 18.1 Å². The molecule has 0 heterocycles. The fourth-order valence-corrected chi connectivity index (χ4v) is 2.90. The molecule has 11 heavy (non-hydrogen) atoms. The van der Waals surface area contributed by atoms with E-state index in [1.165, 1.54) is 0 Å². The maximum Gasteiger partial charge on any atom is 0.320 e. The number of rotatable bonds is 4. The summed E-state index contributed by atoms with van der Waals surface area (Å²) < 4.78 is -0.399. The van der Waals surface area contributed by atoms with E-state index in [-0.39, 0.29) is 0 Å². The van der Waals surface area contributed by atoms with Crippen molar-refractivity contribution >= 4 is 17.7 Å². The zero-order chi connectivity index (χ0) is 8.48. The summed E-state index contributed by atoms with van der Waals surface area (Å²) in [5.41, 5.74) is 0. The number of carboxylic acid groups (broad SMARTS) is 1. The third-order valence-electron chi connectivity index (χ3n) is 2.31. The third kappa shape index (κ3) is 1.39. The predicted octanol–water partition coefficient (Wildman–Crippen LogP) is 1.99. The SMILES string of the molecule is CCSC1(C(=O)O)CC1CC. The van der Waals surface area contributed by atoms with Crippen molar-refractivity contribution in [2.75, 3.05) is 5.75 Å². The zero-order valence-electron chi connectivity index (χ0n) is 6.96. The van der Waals surface area contributed by atoms with Gasteiger partial charge in [-0.2, -0.15) is 0 Å². The van der Waals surface area contributed by atoms with E-state index < -0.39 is 10.7 Å². The molecule has 2 nitrogen and oxygen atoms in total. The Bertz CT molecular complexity index is 169. The van der Waals surface area contributed by atoms with E-state index in [2.05, 4.69) is 6.92 Å². The molecule has 1 N–H and O–H groups in total. The maximum absolute atomic E-state index is 10.8. The van der Waals surface area contributed by atoms with Crippen LogP contribution in [0, 0.1) is 5.92 Å². The van der Waals surface area contributed by atoms with Crippen LogP contribution in [0.5, 0.6) is 0 Å². The highest BCUT2D eigenvalue weighted by molar-refractivity contribution is 8.01. The lowest BCUT2D eigenvalue weighted by molar-refractivity contribution is -0.137. The summed E-state index contributed by atoms with van der Waals surface area (Å²) >= 11 is 1.59. The van der Waals surface area contributed by atoms with Crippen LogP contribution in [-0.2, 0) is 4.79 Å². The van der Waals surface area contributed by atoms with Gasteiger partial charge in [-0.15, -0.1) is 11.8 Å². The lowest BCUT2D eigenvalue weighted by Gasteiger charge is -2.08. The average molecular weight is 174 g/mol. The van der Waals surface area contributed by atoms with Gasteiger partial charge in [0.1, 0.15) is 4.75 Å². The van der Waals surface area contributed by atoms with E-state index in [1.54, 1.807) is 11.8 Å². The van der Waals surface area contributed by atoms with Crippen molar-refractivity contribution in [1.82, 2.24) is 0 Å². The Hall–Kier alpha value is -0.180. The fraction of sp³-hybridized carbons (Fsp3) is 0.875. The summed E-state index contributed by atoms with van der Waals surface area (Å²) in [7, 11) is 0. The molecule has 64 valence electrons. The Balaban J connectivity index is 2.55. The summed E-state index contributed by atoms with van der Waals surface area (Å²) in [6.45, 7) is 4.08. The normalized spacial score (nSPS) is 35.3. The zero-order valence-corrected chi connectivity index (χ0v) is 7.78. The van der Waals surface area contributed by atoms with E-state index >= 15 is 0 Å². The first-order valence-electron chi connectivity index (χ1n) is 4.04. The lowest BCUT2D eigenvalue weighted by Crippen LogP contribution is -2.20. The molecule has 0 amide bonds. The van der Waals surface area contributed by atoms with E-state index in [0.717, 1.165) is 18.6 Å². The van der Waals surface area contributed by atoms with Gasteiger partial charge < -0.3 is 5.11 Å². The topological polar surface area (TPSA) is 37.3 Å². The Morgan fingerprint density at radius 3 is 2.64 bits per heavy atom. The van der Waals surface area contributed by atoms with Crippen molar-refractivity contribution in [3.8, 4) is 0 Å². The smallest absolute Gasteiger partial charge is 0.320 e. The van der Waals surface area contributed by atoms with Crippen molar-refractivity contribution in [1.29, 1.82) is 0 Å². The molecule has 1 fully saturated rings. The second kappa shape index (κ2) is 3.05. The molecule has 0 spiro atoms. The fourth-order valence-electron chi connectivity index (χ4n) is 1.54. The van der Waals surface area contributed by atoms with Crippen LogP contribution < -0.4 is 0 Å². The number of hydrogen-bond acceptors (Lipinski definition) is 2. The van der Waals surface area contributed by atoms with Crippen LogP contribution in [0.1, 0.15) is 26.7 Å². The third-order valence-corrected chi connectivity index (χ3v) is 3.78. The van der Waals surface area contributed by atoms with E-state index in [9.17, 15) is 4.79 Å². The largest absolute Gasteiger partial charge is 0.480 e. The molecule has 2 atom stereocenters. The standard InChI is InChI=1S/C8H14O2S/c1-3-6-5-8(6,7(9)10)11-4-2/h6H,3-5H2,1-2H3,(H,9,10). The molecule has 0 aromatic carbocycles. The quantitative estimate of drug-likeness (QED) is 0.708. The van der Waals surface area contributed by atoms with Crippen LogP contribution in [0.15, 0.2) is 0 Å². The molecule has 0 bridgehead atoms. The number of hydrogen-bond donors (Lipinski definition) is 1. The molecule has 0 aliphatic heterocycles. The molecule has 0 saturated heterocycles. The van der Waals surface area contributed by atoms with Crippen molar-refractivity contribution in [2.45, 2.75) is 31.4 Å². The molecule has 1 rings (SSSR count). The van der Waals surface area contributed by atoms with Gasteiger partial charge in [0.2, 0.25) is 0 Å². The lowest BCUT2D eigenvalue weighted by atomic mass is 10.2. The minimum Gasteiger partial charge on any atom is -0.480 e. The molecular weight excluding hydrogens is 160 g/mol. The van der Waals surface area contributed by atoms with Gasteiger partial charge in [0.25, 0.3) is 0 Å². The molecule has 2 unspecified atom stereocenters. The highest BCUT2D eigenvalue weighted by Gasteiger charge is 2.59. The highest BCUT2D eigenvalue weighted by atomic mass is 32.2. The summed E-state index contributed by atoms with van der Waals surface area (Å²) in [6, 6.07) is 0. The van der Waals surface area contributed by atoms with Crippen LogP contribution in [0.2, 0.25) is 0 Å². The monoisotopic (exact) mass is 174 g/mol. The second-order valence-corrected chi connectivity index (χ2v) is 4.53. The van der Waals surface area contributed by atoms with Crippen molar-refractivity contribution in [3.63, 3.8) is 0 Å². The van der Waals surface area contributed by atoms with Crippen LogP contribution >= 0.6 is 11.8 Å². The van der Waals surface area contributed by atoms with Gasteiger partial charge in [-0.25, -0.2) is 0 Å². The average Bonchev–Trinajstić information content (AvgIpc) is 2.65. The van der Waals surface area contributed by atoms with Gasteiger partial charge >= 0.3 is 5.97 Å². The van der Waals surface area contributed by atoms with Crippen LogP contribution in [0.3, 0.4) is 0 Å². The number of carboxylic acids is 1. The highest BCUT2D eigenvalue weighted by Crippen LogP contribution is 2.56. The predicted molar refractivity (Wildman–Crippen MR) is 46.9 cm³/mol. The first-order chi connectivity index (χ1) is 5.17. The number of thioether (sulfide) groups is 1. The second-order valence-electron chi connectivity index (χ2n) is 2.94. The van der Waals surface area contributed by atoms with Crippen molar-refractivity contribution < 1.29 is 9.90 Å². The van der Waals surface area contributed by atoms with Gasteiger partial charge in [0, 0.05) is 0 Å². The van der Waals surface area contributed by atoms with E-state index in [4.69, 9.17) is 5.11 Å². The molecule has 1 aliphatic carbocycles. The van der Waals surface area contributed by atoms with Gasteiger partial charge in [0.05, 0.1) is 0 Å².